The van der Waals surface area contributed by atoms with Gasteiger partial charge in [0.15, 0.2) is 6.61 Å². The molecule has 8 nitrogen and oxygen atoms in total. The molecule has 0 spiro atoms. The summed E-state index contributed by atoms with van der Waals surface area (Å²) in [6.07, 6.45) is 3.13. The molecule has 2 aromatic carbocycles. The number of nitrogens with one attached hydrogen (secondary N) is 1. The summed E-state index contributed by atoms with van der Waals surface area (Å²) in [7, 11) is 0. The van der Waals surface area contributed by atoms with Crippen LogP contribution in [0.4, 0.5) is 5.69 Å². The Morgan fingerprint density at radius 2 is 1.93 bits per heavy atom. The summed E-state index contributed by atoms with van der Waals surface area (Å²) in [5, 5.41) is 7.61. The van der Waals surface area contributed by atoms with Crippen LogP contribution < -0.4 is 15.7 Å². The minimum atomic E-state index is -0.436. The van der Waals surface area contributed by atoms with Gasteiger partial charge in [-0.2, -0.15) is 5.10 Å². The topological polar surface area (TPSA) is 99.2 Å². The molecule has 0 aliphatic rings. The van der Waals surface area contributed by atoms with Gasteiger partial charge < -0.3 is 14.5 Å². The van der Waals surface area contributed by atoms with Gasteiger partial charge >= 0.3 is 5.63 Å². The van der Waals surface area contributed by atoms with Crippen LogP contribution in [0, 0.1) is 0 Å². The number of fused-ring (bicyclic) bond motifs is 1. The highest BCUT2D eigenvalue weighted by atomic mass is 16.5. The Morgan fingerprint density at radius 1 is 1.11 bits per heavy atom. The highest BCUT2D eigenvalue weighted by Gasteiger charge is 2.06. The average Bonchev–Trinajstić information content (AvgIpc) is 3.20. The van der Waals surface area contributed by atoms with Crippen molar-refractivity contribution in [1.82, 2.24) is 14.8 Å². The molecule has 1 N–H and O–H groups in total. The number of hydrogen-bond donors (Lipinski definition) is 1. The van der Waals surface area contributed by atoms with Gasteiger partial charge in [0.05, 0.1) is 6.54 Å². The average molecular weight is 376 g/mol. The normalized spacial score (nSPS) is 10.7. The number of anilines is 1. The van der Waals surface area contributed by atoms with E-state index < -0.39 is 5.63 Å². The molecule has 0 aliphatic carbocycles. The fourth-order valence-corrected chi connectivity index (χ4v) is 2.67. The lowest BCUT2D eigenvalue weighted by Gasteiger charge is -2.09. The molecule has 1 amide bonds. The van der Waals surface area contributed by atoms with E-state index >= 15 is 0 Å². The van der Waals surface area contributed by atoms with Crippen LogP contribution in [0.5, 0.6) is 5.75 Å². The van der Waals surface area contributed by atoms with Crippen molar-refractivity contribution in [3.8, 4) is 5.75 Å². The van der Waals surface area contributed by atoms with Crippen LogP contribution in [-0.2, 0) is 11.3 Å². The van der Waals surface area contributed by atoms with Gasteiger partial charge in [-0.25, -0.2) is 14.5 Å². The molecule has 0 saturated heterocycles. The van der Waals surface area contributed by atoms with Crippen LogP contribution in [-0.4, -0.2) is 27.3 Å². The van der Waals surface area contributed by atoms with Crippen molar-refractivity contribution < 1.29 is 13.9 Å². The summed E-state index contributed by atoms with van der Waals surface area (Å²) in [5.41, 5.74) is 1.68. The fourth-order valence-electron chi connectivity index (χ4n) is 2.67. The van der Waals surface area contributed by atoms with Crippen molar-refractivity contribution in [3.63, 3.8) is 0 Å². The molecule has 8 heteroatoms. The van der Waals surface area contributed by atoms with E-state index in [0.717, 1.165) is 10.9 Å². The van der Waals surface area contributed by atoms with Crippen LogP contribution in [0.3, 0.4) is 0 Å². The molecule has 28 heavy (non-hydrogen) atoms. The highest BCUT2D eigenvalue weighted by molar-refractivity contribution is 5.92. The van der Waals surface area contributed by atoms with Gasteiger partial charge in [-0.1, -0.05) is 12.1 Å². The first-order valence-electron chi connectivity index (χ1n) is 8.54. The first-order chi connectivity index (χ1) is 13.7. The van der Waals surface area contributed by atoms with Gasteiger partial charge in [0, 0.05) is 23.2 Å². The second kappa shape index (κ2) is 7.75. The third kappa shape index (κ3) is 4.24. The predicted octanol–water partition coefficient (Wildman–Crippen LogP) is 2.45. The quantitative estimate of drug-likeness (QED) is 0.519. The summed E-state index contributed by atoms with van der Waals surface area (Å²) >= 11 is 0. The molecule has 0 bridgehead atoms. The van der Waals surface area contributed by atoms with Crippen LogP contribution in [0.2, 0.25) is 0 Å². The molecule has 0 radical (unpaired) electrons. The second-order valence-corrected chi connectivity index (χ2v) is 6.08. The Hall–Kier alpha value is -3.94. The zero-order valence-electron chi connectivity index (χ0n) is 14.7. The molecule has 2 heterocycles. The third-order valence-electron chi connectivity index (χ3n) is 4.01. The van der Waals surface area contributed by atoms with E-state index in [4.69, 9.17) is 9.15 Å². The van der Waals surface area contributed by atoms with Crippen molar-refractivity contribution >= 4 is 22.6 Å². The maximum atomic E-state index is 12.1. The summed E-state index contributed by atoms with van der Waals surface area (Å²) in [6, 6.07) is 15.5. The predicted molar refractivity (Wildman–Crippen MR) is 102 cm³/mol. The van der Waals surface area contributed by atoms with Crippen LogP contribution in [0.25, 0.3) is 11.0 Å². The summed E-state index contributed by atoms with van der Waals surface area (Å²) in [6.45, 7) is 0.443. The smallest absolute Gasteiger partial charge is 0.336 e. The lowest BCUT2D eigenvalue weighted by Crippen LogP contribution is -2.20. The van der Waals surface area contributed by atoms with Crippen molar-refractivity contribution in [2.24, 2.45) is 0 Å². The standard InChI is InChI=1S/C20H16N4O4/c25-19(11-27-17-7-3-15-4-8-20(26)28-18(15)9-17)23-16-5-1-14(2-6-16)10-24-13-21-12-22-24/h1-9,12-13H,10-11H2,(H,23,25). The monoisotopic (exact) mass is 376 g/mol. The van der Waals surface area contributed by atoms with E-state index in [1.807, 2.05) is 24.3 Å². The highest BCUT2D eigenvalue weighted by Crippen LogP contribution is 2.19. The maximum absolute atomic E-state index is 12.1. The number of carbonyl (C=O) groups excluding carboxylic acids is 1. The SMILES string of the molecule is O=C(COc1ccc2ccc(=O)oc2c1)Nc1ccc(Cn2cncn2)cc1. The number of rotatable bonds is 6. The molecular formula is C20H16N4O4. The van der Waals surface area contributed by atoms with Gasteiger partial charge in [0.25, 0.3) is 5.91 Å². The molecule has 0 unspecified atom stereocenters. The molecule has 2 aromatic heterocycles. The van der Waals surface area contributed by atoms with Crippen molar-refractivity contribution in [3.05, 3.63) is 83.2 Å². The fraction of sp³-hybridized carbons (Fsp3) is 0.100. The zero-order valence-corrected chi connectivity index (χ0v) is 14.7. The van der Waals surface area contributed by atoms with E-state index in [2.05, 4.69) is 15.4 Å². The molecular weight excluding hydrogens is 360 g/mol. The Balaban J connectivity index is 1.33. The Kier molecular flexibility index (Phi) is 4.83. The van der Waals surface area contributed by atoms with Crippen molar-refractivity contribution in [2.75, 3.05) is 11.9 Å². The van der Waals surface area contributed by atoms with Crippen molar-refractivity contribution in [2.45, 2.75) is 6.54 Å². The zero-order chi connectivity index (χ0) is 19.3. The van der Waals surface area contributed by atoms with Gasteiger partial charge in [-0.05, 0) is 35.9 Å². The lowest BCUT2D eigenvalue weighted by atomic mass is 10.2. The first kappa shape index (κ1) is 17.5. The minimum Gasteiger partial charge on any atom is -0.484 e. The van der Waals surface area contributed by atoms with Crippen molar-refractivity contribution in [1.29, 1.82) is 0 Å². The number of amides is 1. The summed E-state index contributed by atoms with van der Waals surface area (Å²) < 4.78 is 12.3. The minimum absolute atomic E-state index is 0.163. The van der Waals surface area contributed by atoms with E-state index in [0.29, 0.717) is 23.6 Å². The number of hydrogen-bond acceptors (Lipinski definition) is 6. The van der Waals surface area contributed by atoms with Crippen LogP contribution >= 0.6 is 0 Å². The molecule has 4 aromatic rings. The summed E-state index contributed by atoms with van der Waals surface area (Å²) in [5.74, 6) is 0.152. The Morgan fingerprint density at radius 3 is 2.71 bits per heavy atom. The second-order valence-electron chi connectivity index (χ2n) is 6.08. The molecule has 0 saturated carbocycles. The Bertz CT molecular complexity index is 1150. The van der Waals surface area contributed by atoms with Gasteiger partial charge in [-0.3, -0.25) is 4.79 Å². The largest absolute Gasteiger partial charge is 0.484 e. The lowest BCUT2D eigenvalue weighted by molar-refractivity contribution is -0.118. The molecule has 0 aliphatic heterocycles. The molecule has 140 valence electrons. The number of aromatic nitrogens is 3. The summed E-state index contributed by atoms with van der Waals surface area (Å²) in [4.78, 5) is 27.3. The van der Waals surface area contributed by atoms with E-state index in [9.17, 15) is 9.59 Å². The first-order valence-corrected chi connectivity index (χ1v) is 8.54. The molecule has 0 fully saturated rings. The van der Waals surface area contributed by atoms with Gasteiger partial charge in [0.1, 0.15) is 24.0 Å². The van der Waals surface area contributed by atoms with Gasteiger partial charge in [-0.15, -0.1) is 0 Å². The van der Waals surface area contributed by atoms with Crippen LogP contribution in [0.15, 0.2) is 76.5 Å². The number of ether oxygens (including phenoxy) is 1. The Labute approximate surface area is 159 Å². The molecule has 4 rings (SSSR count). The van der Waals surface area contributed by atoms with E-state index in [-0.39, 0.29) is 12.5 Å². The van der Waals surface area contributed by atoms with E-state index in [1.165, 1.54) is 12.4 Å². The number of benzene rings is 2. The van der Waals surface area contributed by atoms with Gasteiger partial charge in [0.2, 0.25) is 0 Å². The number of carbonyl (C=O) groups is 1. The number of nitrogens with zero attached hydrogens (tertiary/aromatic N) is 3. The molecule has 0 atom stereocenters. The van der Waals surface area contributed by atoms with E-state index in [1.54, 1.807) is 35.3 Å². The third-order valence-corrected chi connectivity index (χ3v) is 4.01. The maximum Gasteiger partial charge on any atom is 0.336 e. The van der Waals surface area contributed by atoms with Crippen LogP contribution in [0.1, 0.15) is 5.56 Å².